The first-order valence-corrected chi connectivity index (χ1v) is 8.20. The van der Waals surface area contributed by atoms with Crippen molar-refractivity contribution in [1.29, 1.82) is 0 Å². The second-order valence-corrected chi connectivity index (χ2v) is 7.19. The first-order chi connectivity index (χ1) is 8.36. The second-order valence-electron chi connectivity index (χ2n) is 4.42. The fourth-order valence-electron chi connectivity index (χ4n) is 1.31. The van der Waals surface area contributed by atoms with Crippen LogP contribution in [-0.4, -0.2) is 39.5 Å². The Morgan fingerprint density at radius 1 is 1.50 bits per heavy atom. The summed E-state index contributed by atoms with van der Waals surface area (Å²) in [4.78, 5) is 3.26. The van der Waals surface area contributed by atoms with Crippen LogP contribution in [-0.2, 0) is 16.6 Å². The zero-order valence-electron chi connectivity index (χ0n) is 11.0. The van der Waals surface area contributed by atoms with Crippen molar-refractivity contribution < 1.29 is 8.42 Å². The van der Waals surface area contributed by atoms with Gasteiger partial charge in [-0.15, -0.1) is 11.3 Å². The van der Waals surface area contributed by atoms with E-state index in [-0.39, 0.29) is 0 Å². The van der Waals surface area contributed by atoms with E-state index in [0.717, 1.165) is 4.88 Å². The summed E-state index contributed by atoms with van der Waals surface area (Å²) >= 11 is 1.37. The van der Waals surface area contributed by atoms with Gasteiger partial charge in [0.05, 0.1) is 4.90 Å². The van der Waals surface area contributed by atoms with Crippen molar-refractivity contribution in [3.63, 3.8) is 0 Å². The molecule has 0 fully saturated rings. The number of nitrogens with one attached hydrogen (secondary N) is 1. The van der Waals surface area contributed by atoms with E-state index in [1.54, 1.807) is 11.4 Å². The minimum Gasteiger partial charge on any atom is -0.326 e. The molecule has 0 spiro atoms. The van der Waals surface area contributed by atoms with Crippen LogP contribution in [0.3, 0.4) is 0 Å². The summed E-state index contributed by atoms with van der Waals surface area (Å²) in [6.45, 7) is 5.60. The first-order valence-electron chi connectivity index (χ1n) is 5.84. The normalized spacial score (nSPS) is 12.6. The molecule has 0 aromatic carbocycles. The molecule has 0 aliphatic heterocycles. The number of nitrogens with zero attached hydrogens (tertiary/aromatic N) is 1. The van der Waals surface area contributed by atoms with Crippen LogP contribution in [0.5, 0.6) is 0 Å². The lowest BCUT2D eigenvalue weighted by atomic mass is 10.3. The third-order valence-corrected chi connectivity index (χ3v) is 5.33. The quantitative estimate of drug-likeness (QED) is 0.780. The van der Waals surface area contributed by atoms with Gasteiger partial charge in [0.25, 0.3) is 0 Å². The maximum atomic E-state index is 11.9. The van der Waals surface area contributed by atoms with Crippen LogP contribution in [0.4, 0.5) is 0 Å². The summed E-state index contributed by atoms with van der Waals surface area (Å²) in [6.07, 6.45) is 0. The Balaban J connectivity index is 2.55. The second kappa shape index (κ2) is 6.63. The molecule has 0 aliphatic carbocycles. The van der Waals surface area contributed by atoms with Crippen molar-refractivity contribution in [2.75, 3.05) is 20.1 Å². The SMILES string of the molecule is CC(C)N(C)CCNS(=O)(=O)c1csc(CN)c1. The Labute approximate surface area is 113 Å². The summed E-state index contributed by atoms with van der Waals surface area (Å²) < 4.78 is 26.5. The zero-order valence-corrected chi connectivity index (χ0v) is 12.6. The van der Waals surface area contributed by atoms with Gasteiger partial charge in [0.2, 0.25) is 10.0 Å². The van der Waals surface area contributed by atoms with Gasteiger partial charge >= 0.3 is 0 Å². The number of nitrogens with two attached hydrogens (primary N) is 1. The molecule has 5 nitrogen and oxygen atoms in total. The third kappa shape index (κ3) is 4.33. The first kappa shape index (κ1) is 15.6. The van der Waals surface area contributed by atoms with Crippen LogP contribution in [0.25, 0.3) is 0 Å². The van der Waals surface area contributed by atoms with Crippen LogP contribution in [0.2, 0.25) is 0 Å². The number of hydrogen-bond acceptors (Lipinski definition) is 5. The van der Waals surface area contributed by atoms with Crippen molar-refractivity contribution in [3.05, 3.63) is 16.3 Å². The van der Waals surface area contributed by atoms with Gasteiger partial charge in [-0.3, -0.25) is 0 Å². The molecule has 0 atom stereocenters. The third-order valence-electron chi connectivity index (χ3n) is 2.78. The Morgan fingerprint density at radius 3 is 2.67 bits per heavy atom. The summed E-state index contributed by atoms with van der Waals surface area (Å²) in [5.41, 5.74) is 5.47. The molecule has 0 saturated carbocycles. The van der Waals surface area contributed by atoms with Gasteiger partial charge in [0.15, 0.2) is 0 Å². The Hall–Kier alpha value is -0.470. The summed E-state index contributed by atoms with van der Waals surface area (Å²) in [5, 5.41) is 1.62. The van der Waals surface area contributed by atoms with E-state index >= 15 is 0 Å². The van der Waals surface area contributed by atoms with Crippen molar-refractivity contribution in [1.82, 2.24) is 9.62 Å². The van der Waals surface area contributed by atoms with Crippen LogP contribution in [0, 0.1) is 0 Å². The van der Waals surface area contributed by atoms with Gasteiger partial charge in [0, 0.05) is 35.9 Å². The number of rotatable bonds is 7. The Kier molecular flexibility index (Phi) is 5.74. The molecule has 1 rings (SSSR count). The zero-order chi connectivity index (χ0) is 13.8. The molecular formula is C11H21N3O2S2. The van der Waals surface area contributed by atoms with E-state index in [4.69, 9.17) is 5.73 Å². The molecule has 0 radical (unpaired) electrons. The van der Waals surface area contributed by atoms with Crippen LogP contribution >= 0.6 is 11.3 Å². The highest BCUT2D eigenvalue weighted by Gasteiger charge is 2.15. The lowest BCUT2D eigenvalue weighted by Gasteiger charge is -2.20. The van der Waals surface area contributed by atoms with Gasteiger partial charge in [-0.05, 0) is 27.0 Å². The van der Waals surface area contributed by atoms with E-state index in [1.165, 1.54) is 11.3 Å². The molecule has 3 N–H and O–H groups in total. The highest BCUT2D eigenvalue weighted by atomic mass is 32.2. The Bertz CT molecular complexity index is 468. The minimum absolute atomic E-state index is 0.306. The highest BCUT2D eigenvalue weighted by Crippen LogP contribution is 2.18. The molecular weight excluding hydrogens is 270 g/mol. The number of hydrogen-bond donors (Lipinski definition) is 2. The molecule has 0 saturated heterocycles. The van der Waals surface area contributed by atoms with Gasteiger partial charge in [0.1, 0.15) is 0 Å². The predicted molar refractivity (Wildman–Crippen MR) is 75.2 cm³/mol. The van der Waals surface area contributed by atoms with Crippen LogP contribution in [0.15, 0.2) is 16.3 Å². The fourth-order valence-corrected chi connectivity index (χ4v) is 3.48. The standard InChI is InChI=1S/C11H21N3O2S2/c1-9(2)14(3)5-4-13-18(15,16)11-6-10(7-12)17-8-11/h6,8-9,13H,4-5,7,12H2,1-3H3. The van der Waals surface area contributed by atoms with E-state index in [9.17, 15) is 8.42 Å². The van der Waals surface area contributed by atoms with Gasteiger partial charge in [-0.1, -0.05) is 0 Å². The predicted octanol–water partition coefficient (Wildman–Crippen LogP) is 0.825. The molecule has 0 bridgehead atoms. The van der Waals surface area contributed by atoms with Crippen LogP contribution in [0.1, 0.15) is 18.7 Å². The number of likely N-dealkylation sites (N-methyl/N-ethyl adjacent to an activating group) is 1. The average Bonchev–Trinajstić information content (AvgIpc) is 2.77. The van der Waals surface area contributed by atoms with E-state index in [2.05, 4.69) is 23.5 Å². The van der Waals surface area contributed by atoms with Gasteiger partial charge in [-0.25, -0.2) is 13.1 Å². The summed E-state index contributed by atoms with van der Waals surface area (Å²) in [6, 6.07) is 2.03. The largest absolute Gasteiger partial charge is 0.326 e. The summed E-state index contributed by atoms with van der Waals surface area (Å²) in [5.74, 6) is 0. The van der Waals surface area contributed by atoms with E-state index in [1.807, 2.05) is 7.05 Å². The maximum absolute atomic E-state index is 11.9. The summed E-state index contributed by atoms with van der Waals surface area (Å²) in [7, 11) is -1.42. The monoisotopic (exact) mass is 291 g/mol. The lowest BCUT2D eigenvalue weighted by Crippen LogP contribution is -2.36. The van der Waals surface area contributed by atoms with Crippen molar-refractivity contribution >= 4 is 21.4 Å². The van der Waals surface area contributed by atoms with Crippen molar-refractivity contribution in [2.24, 2.45) is 5.73 Å². The highest BCUT2D eigenvalue weighted by molar-refractivity contribution is 7.89. The average molecular weight is 291 g/mol. The minimum atomic E-state index is -3.39. The van der Waals surface area contributed by atoms with Crippen molar-refractivity contribution in [3.8, 4) is 0 Å². The Morgan fingerprint density at radius 2 is 2.17 bits per heavy atom. The molecule has 0 amide bonds. The molecule has 0 unspecified atom stereocenters. The molecule has 7 heteroatoms. The molecule has 0 aliphatic rings. The van der Waals surface area contributed by atoms with Gasteiger partial charge in [-0.2, -0.15) is 0 Å². The molecule has 104 valence electrons. The van der Waals surface area contributed by atoms with E-state index in [0.29, 0.717) is 30.6 Å². The molecule has 1 aromatic rings. The lowest BCUT2D eigenvalue weighted by molar-refractivity contribution is 0.278. The molecule has 1 aromatic heterocycles. The van der Waals surface area contributed by atoms with E-state index < -0.39 is 10.0 Å². The molecule has 1 heterocycles. The molecule has 18 heavy (non-hydrogen) atoms. The number of thiophene rings is 1. The topological polar surface area (TPSA) is 75.4 Å². The van der Waals surface area contributed by atoms with Crippen LogP contribution < -0.4 is 10.5 Å². The fraction of sp³-hybridized carbons (Fsp3) is 0.636. The smallest absolute Gasteiger partial charge is 0.241 e. The van der Waals surface area contributed by atoms with Crippen molar-refractivity contribution in [2.45, 2.75) is 31.3 Å². The maximum Gasteiger partial charge on any atom is 0.241 e. The number of sulfonamides is 1. The van der Waals surface area contributed by atoms with Gasteiger partial charge < -0.3 is 10.6 Å².